The Bertz CT molecular complexity index is 566. The number of rotatable bonds is 3. The first kappa shape index (κ1) is 13.2. The van der Waals surface area contributed by atoms with Crippen LogP contribution in [0.4, 0.5) is 10.1 Å². The van der Waals surface area contributed by atoms with Crippen molar-refractivity contribution < 1.29 is 8.60 Å². The van der Waals surface area contributed by atoms with Gasteiger partial charge in [0, 0.05) is 15.1 Å². The monoisotopic (exact) mass is 327 g/mol. The summed E-state index contributed by atoms with van der Waals surface area (Å²) in [5.74, 6) is -0.151. The number of hydrogen-bond acceptors (Lipinski definition) is 2. The molecule has 1 atom stereocenters. The van der Waals surface area contributed by atoms with E-state index in [1.807, 2.05) is 12.1 Å². The van der Waals surface area contributed by atoms with E-state index in [0.29, 0.717) is 16.1 Å². The van der Waals surface area contributed by atoms with Crippen molar-refractivity contribution in [2.24, 2.45) is 0 Å². The molecule has 0 spiro atoms. The van der Waals surface area contributed by atoms with Gasteiger partial charge in [0.25, 0.3) is 0 Å². The Morgan fingerprint density at radius 3 is 2.44 bits per heavy atom. The summed E-state index contributed by atoms with van der Waals surface area (Å²) in [6.45, 7) is 0. The average molecular weight is 328 g/mol. The standard InChI is InChI=1S/C13H11BrFNOS/c14-10-1-3-13(4-2-10)18(17)8-9-5-11(15)7-12(16)6-9/h1-7H,8,16H2. The molecule has 2 rings (SSSR count). The molecule has 0 aromatic heterocycles. The van der Waals surface area contributed by atoms with Crippen LogP contribution in [0.15, 0.2) is 51.8 Å². The fourth-order valence-electron chi connectivity index (χ4n) is 1.58. The minimum absolute atomic E-state index is 0.254. The molecular weight excluding hydrogens is 317 g/mol. The van der Waals surface area contributed by atoms with Crippen LogP contribution >= 0.6 is 15.9 Å². The maximum absolute atomic E-state index is 13.1. The molecule has 0 bridgehead atoms. The summed E-state index contributed by atoms with van der Waals surface area (Å²) in [5, 5.41) is 0. The van der Waals surface area contributed by atoms with E-state index in [-0.39, 0.29) is 5.75 Å². The molecule has 0 saturated heterocycles. The van der Waals surface area contributed by atoms with Crippen molar-refractivity contribution >= 4 is 32.4 Å². The lowest BCUT2D eigenvalue weighted by atomic mass is 10.2. The van der Waals surface area contributed by atoms with Gasteiger partial charge < -0.3 is 5.73 Å². The molecule has 0 saturated carbocycles. The maximum atomic E-state index is 13.1. The molecule has 0 aliphatic heterocycles. The molecule has 0 aliphatic carbocycles. The first-order chi connectivity index (χ1) is 8.54. The zero-order valence-corrected chi connectivity index (χ0v) is 11.8. The predicted octanol–water partition coefficient (Wildman–Crippen LogP) is 3.48. The van der Waals surface area contributed by atoms with Gasteiger partial charge in [-0.25, -0.2) is 4.39 Å². The predicted molar refractivity (Wildman–Crippen MR) is 75.1 cm³/mol. The fraction of sp³-hybridized carbons (Fsp3) is 0.0769. The van der Waals surface area contributed by atoms with Gasteiger partial charge in [-0.2, -0.15) is 0 Å². The number of halogens is 2. The molecule has 2 aromatic rings. The second-order valence-electron chi connectivity index (χ2n) is 3.84. The summed E-state index contributed by atoms with van der Waals surface area (Å²) >= 11 is 3.32. The van der Waals surface area contributed by atoms with Gasteiger partial charge in [-0.1, -0.05) is 15.9 Å². The third-order valence-corrected chi connectivity index (χ3v) is 4.28. The second-order valence-corrected chi connectivity index (χ2v) is 6.20. The summed E-state index contributed by atoms with van der Waals surface area (Å²) in [4.78, 5) is 0.709. The lowest BCUT2D eigenvalue weighted by molar-refractivity contribution is 0.627. The van der Waals surface area contributed by atoms with E-state index < -0.39 is 16.6 Å². The van der Waals surface area contributed by atoms with E-state index in [1.54, 1.807) is 18.2 Å². The van der Waals surface area contributed by atoms with Crippen molar-refractivity contribution in [2.75, 3.05) is 5.73 Å². The highest BCUT2D eigenvalue weighted by Gasteiger charge is 2.07. The lowest BCUT2D eigenvalue weighted by Crippen LogP contribution is -1.98. The molecule has 0 fully saturated rings. The maximum Gasteiger partial charge on any atom is 0.125 e. The Morgan fingerprint density at radius 1 is 1.17 bits per heavy atom. The van der Waals surface area contributed by atoms with Crippen molar-refractivity contribution in [3.8, 4) is 0 Å². The largest absolute Gasteiger partial charge is 0.399 e. The van der Waals surface area contributed by atoms with Gasteiger partial charge in [-0.3, -0.25) is 4.21 Å². The van der Waals surface area contributed by atoms with Crippen molar-refractivity contribution in [3.05, 3.63) is 58.3 Å². The summed E-state index contributed by atoms with van der Waals surface area (Å²) in [6.07, 6.45) is 0. The molecule has 94 valence electrons. The van der Waals surface area contributed by atoms with Crippen LogP contribution in [0.1, 0.15) is 5.56 Å². The van der Waals surface area contributed by atoms with Crippen molar-refractivity contribution in [3.63, 3.8) is 0 Å². The van der Waals surface area contributed by atoms with Crippen LogP contribution in [0, 0.1) is 5.82 Å². The highest BCUT2D eigenvalue weighted by Crippen LogP contribution is 2.18. The van der Waals surface area contributed by atoms with Gasteiger partial charge in [0.2, 0.25) is 0 Å². The van der Waals surface area contributed by atoms with E-state index >= 15 is 0 Å². The third-order valence-electron chi connectivity index (χ3n) is 2.35. The van der Waals surface area contributed by atoms with Crippen molar-refractivity contribution in [1.82, 2.24) is 0 Å². The lowest BCUT2D eigenvalue weighted by Gasteiger charge is -2.04. The van der Waals surface area contributed by atoms with Crippen LogP contribution in [0.3, 0.4) is 0 Å². The molecule has 0 aliphatic rings. The van der Waals surface area contributed by atoms with Crippen LogP contribution in [0.25, 0.3) is 0 Å². The van der Waals surface area contributed by atoms with Crippen LogP contribution in [-0.4, -0.2) is 4.21 Å². The van der Waals surface area contributed by atoms with E-state index in [1.165, 1.54) is 12.1 Å². The molecule has 2 aromatic carbocycles. The highest BCUT2D eigenvalue weighted by atomic mass is 79.9. The first-order valence-electron chi connectivity index (χ1n) is 5.23. The zero-order chi connectivity index (χ0) is 13.1. The summed E-state index contributed by atoms with van der Waals surface area (Å²) < 4.78 is 26.2. The van der Waals surface area contributed by atoms with Gasteiger partial charge in [0.15, 0.2) is 0 Å². The molecule has 0 amide bonds. The van der Waals surface area contributed by atoms with Gasteiger partial charge >= 0.3 is 0 Å². The van der Waals surface area contributed by atoms with E-state index in [2.05, 4.69) is 15.9 Å². The van der Waals surface area contributed by atoms with Crippen LogP contribution in [0.5, 0.6) is 0 Å². The zero-order valence-electron chi connectivity index (χ0n) is 9.40. The summed E-state index contributed by atoms with van der Waals surface area (Å²) in [7, 11) is -1.20. The molecule has 18 heavy (non-hydrogen) atoms. The van der Waals surface area contributed by atoms with Crippen LogP contribution < -0.4 is 5.73 Å². The number of nitrogens with two attached hydrogens (primary N) is 1. The van der Waals surface area contributed by atoms with E-state index in [0.717, 1.165) is 4.47 Å². The van der Waals surface area contributed by atoms with E-state index in [4.69, 9.17) is 5.73 Å². The molecular formula is C13H11BrFNOS. The molecule has 2 N–H and O–H groups in total. The molecule has 1 unspecified atom stereocenters. The normalized spacial score (nSPS) is 12.3. The fourth-order valence-corrected chi connectivity index (χ4v) is 2.92. The number of hydrogen-bond donors (Lipinski definition) is 1. The van der Waals surface area contributed by atoms with Crippen LogP contribution in [-0.2, 0) is 16.6 Å². The molecule has 2 nitrogen and oxygen atoms in total. The smallest absolute Gasteiger partial charge is 0.125 e. The Labute approximate surface area is 116 Å². The summed E-state index contributed by atoms with van der Waals surface area (Å²) in [6, 6.07) is 11.4. The number of benzene rings is 2. The van der Waals surface area contributed by atoms with Gasteiger partial charge in [0.1, 0.15) is 5.82 Å². The van der Waals surface area contributed by atoms with Gasteiger partial charge in [-0.15, -0.1) is 0 Å². The topological polar surface area (TPSA) is 43.1 Å². The Balaban J connectivity index is 2.18. The highest BCUT2D eigenvalue weighted by molar-refractivity contribution is 9.10. The Morgan fingerprint density at radius 2 is 1.83 bits per heavy atom. The number of nitrogen functional groups attached to an aromatic ring is 1. The minimum Gasteiger partial charge on any atom is -0.399 e. The second kappa shape index (κ2) is 5.63. The summed E-state index contributed by atoms with van der Waals surface area (Å²) in [5.41, 5.74) is 6.53. The van der Waals surface area contributed by atoms with Gasteiger partial charge in [0.05, 0.1) is 16.6 Å². The van der Waals surface area contributed by atoms with Gasteiger partial charge in [-0.05, 0) is 48.0 Å². The molecule has 0 heterocycles. The number of anilines is 1. The van der Waals surface area contributed by atoms with Crippen LogP contribution in [0.2, 0.25) is 0 Å². The van der Waals surface area contributed by atoms with Crippen molar-refractivity contribution in [1.29, 1.82) is 0 Å². The third kappa shape index (κ3) is 3.40. The Hall–Kier alpha value is -1.20. The quantitative estimate of drug-likeness (QED) is 0.877. The minimum atomic E-state index is -1.20. The SMILES string of the molecule is Nc1cc(F)cc(CS(=O)c2ccc(Br)cc2)c1. The molecule has 5 heteroatoms. The average Bonchev–Trinajstić information content (AvgIpc) is 2.28. The van der Waals surface area contributed by atoms with E-state index in [9.17, 15) is 8.60 Å². The Kier molecular flexibility index (Phi) is 4.14. The van der Waals surface area contributed by atoms with Crippen molar-refractivity contribution in [2.45, 2.75) is 10.6 Å². The first-order valence-corrected chi connectivity index (χ1v) is 7.35. The molecule has 0 radical (unpaired) electrons.